The van der Waals surface area contributed by atoms with Crippen LogP contribution >= 0.6 is 11.6 Å². The maximum atomic E-state index is 11.8. The number of nitrogens with zero attached hydrogens (tertiary/aromatic N) is 4. The maximum absolute atomic E-state index is 11.8. The molecule has 0 aliphatic carbocycles. The van der Waals surface area contributed by atoms with Crippen molar-refractivity contribution in [2.45, 2.75) is 33.2 Å². The molecule has 0 saturated carbocycles. The number of amides is 1. The first-order valence-electron chi connectivity index (χ1n) is 8.23. The SMILES string of the molecule is CCCCn1nc(C)c(/C=N\NC(=O)COc2ccc(C#N)cc2)c1Cl. The van der Waals surface area contributed by atoms with E-state index < -0.39 is 5.91 Å². The van der Waals surface area contributed by atoms with Crippen molar-refractivity contribution in [3.05, 3.63) is 46.2 Å². The van der Waals surface area contributed by atoms with Gasteiger partial charge in [-0.3, -0.25) is 9.48 Å². The van der Waals surface area contributed by atoms with Crippen LogP contribution in [0.15, 0.2) is 29.4 Å². The van der Waals surface area contributed by atoms with Gasteiger partial charge in [0, 0.05) is 6.54 Å². The largest absolute Gasteiger partial charge is 0.484 e. The molecular formula is C18H20ClN5O2. The van der Waals surface area contributed by atoms with Crippen molar-refractivity contribution in [3.63, 3.8) is 0 Å². The molecule has 0 saturated heterocycles. The zero-order valence-electron chi connectivity index (χ0n) is 14.7. The summed E-state index contributed by atoms with van der Waals surface area (Å²) in [6.07, 6.45) is 3.52. The molecule has 0 spiro atoms. The summed E-state index contributed by atoms with van der Waals surface area (Å²) in [6.45, 7) is 4.49. The van der Waals surface area contributed by atoms with E-state index in [1.807, 2.05) is 13.0 Å². The van der Waals surface area contributed by atoms with E-state index >= 15 is 0 Å². The number of benzene rings is 1. The third-order valence-electron chi connectivity index (χ3n) is 3.57. The van der Waals surface area contributed by atoms with E-state index in [-0.39, 0.29) is 6.61 Å². The summed E-state index contributed by atoms with van der Waals surface area (Å²) in [6, 6.07) is 8.50. The number of halogens is 1. The van der Waals surface area contributed by atoms with Gasteiger partial charge in [0.1, 0.15) is 10.9 Å². The Labute approximate surface area is 157 Å². The molecule has 2 aromatic rings. The Kier molecular flexibility index (Phi) is 7.18. The predicted molar refractivity (Wildman–Crippen MR) is 99.3 cm³/mol. The van der Waals surface area contributed by atoms with Crippen molar-refractivity contribution in [2.24, 2.45) is 5.10 Å². The van der Waals surface area contributed by atoms with Crippen LogP contribution < -0.4 is 10.2 Å². The number of ether oxygens (including phenoxy) is 1. The molecule has 0 fully saturated rings. The van der Waals surface area contributed by atoms with Crippen LogP contribution in [0.3, 0.4) is 0 Å². The summed E-state index contributed by atoms with van der Waals surface area (Å²) in [4.78, 5) is 11.8. The number of unbranched alkanes of at least 4 members (excludes halogenated alkanes) is 1. The highest BCUT2D eigenvalue weighted by Crippen LogP contribution is 2.18. The van der Waals surface area contributed by atoms with E-state index in [1.54, 1.807) is 28.9 Å². The summed E-state index contributed by atoms with van der Waals surface area (Å²) in [7, 11) is 0. The van der Waals surface area contributed by atoms with Gasteiger partial charge in [0.05, 0.1) is 29.1 Å². The van der Waals surface area contributed by atoms with Crippen LogP contribution in [0, 0.1) is 18.3 Å². The Morgan fingerprint density at radius 2 is 2.19 bits per heavy atom. The topological polar surface area (TPSA) is 92.3 Å². The molecule has 2 rings (SSSR count). The highest BCUT2D eigenvalue weighted by molar-refractivity contribution is 6.32. The predicted octanol–water partition coefficient (Wildman–Crippen LogP) is 3.05. The molecule has 1 N–H and O–H groups in total. The molecule has 0 aliphatic rings. The van der Waals surface area contributed by atoms with Crippen molar-refractivity contribution in [2.75, 3.05) is 6.61 Å². The number of hydrazone groups is 1. The van der Waals surface area contributed by atoms with Gasteiger partial charge in [0.15, 0.2) is 6.61 Å². The molecule has 0 radical (unpaired) electrons. The van der Waals surface area contributed by atoms with Crippen molar-refractivity contribution in [3.8, 4) is 11.8 Å². The van der Waals surface area contributed by atoms with Gasteiger partial charge in [-0.25, -0.2) is 5.43 Å². The van der Waals surface area contributed by atoms with E-state index in [0.717, 1.165) is 25.1 Å². The lowest BCUT2D eigenvalue weighted by atomic mass is 10.2. The first kappa shape index (κ1) is 19.5. The van der Waals surface area contributed by atoms with Gasteiger partial charge < -0.3 is 4.74 Å². The number of aryl methyl sites for hydroxylation is 2. The van der Waals surface area contributed by atoms with E-state index in [9.17, 15) is 4.79 Å². The van der Waals surface area contributed by atoms with E-state index in [4.69, 9.17) is 21.6 Å². The molecule has 0 aliphatic heterocycles. The number of rotatable bonds is 8. The second-order valence-electron chi connectivity index (χ2n) is 5.58. The lowest BCUT2D eigenvalue weighted by Gasteiger charge is -2.04. The van der Waals surface area contributed by atoms with Crippen LogP contribution in [-0.4, -0.2) is 28.5 Å². The van der Waals surface area contributed by atoms with Crippen LogP contribution in [0.25, 0.3) is 0 Å². The Balaban J connectivity index is 1.86. The monoisotopic (exact) mass is 373 g/mol. The molecular weight excluding hydrogens is 354 g/mol. The molecule has 7 nitrogen and oxygen atoms in total. The summed E-state index contributed by atoms with van der Waals surface area (Å²) >= 11 is 6.30. The molecule has 0 unspecified atom stereocenters. The number of nitrogens with one attached hydrogen (secondary N) is 1. The van der Waals surface area contributed by atoms with Gasteiger partial charge in [-0.15, -0.1) is 0 Å². The number of carbonyl (C=O) groups is 1. The standard InChI is InChI=1S/C18H20ClN5O2/c1-3-4-9-24-18(19)16(13(2)23-24)11-21-22-17(25)12-26-15-7-5-14(10-20)6-8-15/h5-8,11H,3-4,9,12H2,1-2H3,(H,22,25)/b21-11-. The maximum Gasteiger partial charge on any atom is 0.277 e. The van der Waals surface area contributed by atoms with E-state index in [0.29, 0.717) is 22.0 Å². The lowest BCUT2D eigenvalue weighted by Crippen LogP contribution is -2.24. The number of carbonyl (C=O) groups excluding carboxylic acids is 1. The molecule has 1 amide bonds. The Morgan fingerprint density at radius 1 is 1.46 bits per heavy atom. The number of nitriles is 1. The summed E-state index contributed by atoms with van der Waals surface area (Å²) in [5, 5.41) is 17.5. The normalized spacial score (nSPS) is 10.7. The molecule has 136 valence electrons. The zero-order valence-corrected chi connectivity index (χ0v) is 15.5. The molecule has 1 heterocycles. The molecule has 1 aromatic heterocycles. The molecule has 8 heteroatoms. The van der Waals surface area contributed by atoms with Crippen LogP contribution in [0.5, 0.6) is 5.75 Å². The van der Waals surface area contributed by atoms with Gasteiger partial charge in [-0.1, -0.05) is 24.9 Å². The zero-order chi connectivity index (χ0) is 18.9. The first-order chi connectivity index (χ1) is 12.5. The van der Waals surface area contributed by atoms with Crippen LogP contribution in [0.4, 0.5) is 0 Å². The highest BCUT2D eigenvalue weighted by Gasteiger charge is 2.11. The van der Waals surface area contributed by atoms with E-state index in [1.165, 1.54) is 6.21 Å². The van der Waals surface area contributed by atoms with Crippen molar-refractivity contribution < 1.29 is 9.53 Å². The van der Waals surface area contributed by atoms with Crippen LogP contribution in [-0.2, 0) is 11.3 Å². The number of hydrogen-bond acceptors (Lipinski definition) is 5. The average Bonchev–Trinajstić information content (AvgIpc) is 2.92. The summed E-state index contributed by atoms with van der Waals surface area (Å²) in [5.74, 6) is 0.0944. The third kappa shape index (κ3) is 5.33. The minimum atomic E-state index is -0.405. The van der Waals surface area contributed by atoms with Crippen LogP contribution in [0.1, 0.15) is 36.6 Å². The van der Waals surface area contributed by atoms with Crippen molar-refractivity contribution >= 4 is 23.7 Å². The average molecular weight is 374 g/mol. The molecule has 1 aromatic carbocycles. The first-order valence-corrected chi connectivity index (χ1v) is 8.60. The quantitative estimate of drug-likeness (QED) is 0.568. The fourth-order valence-electron chi connectivity index (χ4n) is 2.15. The fourth-order valence-corrected chi connectivity index (χ4v) is 2.45. The van der Waals surface area contributed by atoms with Gasteiger partial charge >= 0.3 is 0 Å². The second-order valence-corrected chi connectivity index (χ2v) is 5.94. The van der Waals surface area contributed by atoms with Gasteiger partial charge in [0.2, 0.25) is 0 Å². The lowest BCUT2D eigenvalue weighted by molar-refractivity contribution is -0.123. The van der Waals surface area contributed by atoms with Crippen molar-refractivity contribution in [1.82, 2.24) is 15.2 Å². The third-order valence-corrected chi connectivity index (χ3v) is 3.97. The number of hydrogen-bond donors (Lipinski definition) is 1. The second kappa shape index (κ2) is 9.59. The summed E-state index contributed by atoms with van der Waals surface area (Å²) < 4.78 is 7.06. The molecule has 0 bridgehead atoms. The summed E-state index contributed by atoms with van der Waals surface area (Å²) in [5.41, 5.74) is 4.34. The van der Waals surface area contributed by atoms with Gasteiger partial charge in [0.25, 0.3) is 5.91 Å². The minimum Gasteiger partial charge on any atom is -0.484 e. The van der Waals surface area contributed by atoms with Gasteiger partial charge in [-0.05, 0) is 37.6 Å². The molecule has 26 heavy (non-hydrogen) atoms. The fraction of sp³-hybridized carbons (Fsp3) is 0.333. The van der Waals surface area contributed by atoms with Crippen LogP contribution in [0.2, 0.25) is 5.15 Å². The van der Waals surface area contributed by atoms with Gasteiger partial charge in [-0.2, -0.15) is 15.5 Å². The molecule has 0 atom stereocenters. The van der Waals surface area contributed by atoms with E-state index in [2.05, 4.69) is 22.5 Å². The minimum absolute atomic E-state index is 0.189. The van der Waals surface area contributed by atoms with Crippen molar-refractivity contribution in [1.29, 1.82) is 5.26 Å². The Morgan fingerprint density at radius 3 is 2.85 bits per heavy atom. The highest BCUT2D eigenvalue weighted by atomic mass is 35.5. The Hall–Kier alpha value is -2.85. The Bertz CT molecular complexity index is 821. The smallest absolute Gasteiger partial charge is 0.277 e. The number of aromatic nitrogens is 2.